The van der Waals surface area contributed by atoms with Crippen molar-refractivity contribution < 1.29 is 0 Å². The highest BCUT2D eigenvalue weighted by Crippen LogP contribution is 2.41. The zero-order valence-corrected chi connectivity index (χ0v) is 16.9. The van der Waals surface area contributed by atoms with Gasteiger partial charge < -0.3 is 4.90 Å². The first-order valence-corrected chi connectivity index (χ1v) is 11.5. The molecule has 2 aromatic heterocycles. The van der Waals surface area contributed by atoms with Crippen molar-refractivity contribution in [3.8, 4) is 0 Å². The maximum Gasteiger partial charge on any atom is 0.228 e. The molecule has 0 N–H and O–H groups in total. The first-order valence-electron chi connectivity index (χ1n) is 9.67. The van der Waals surface area contributed by atoms with Gasteiger partial charge in [-0.25, -0.2) is 4.98 Å². The maximum absolute atomic E-state index is 4.82. The monoisotopic (exact) mass is 397 g/mol. The minimum absolute atomic E-state index is 0.599. The number of hydrogen-bond donors (Lipinski definition) is 0. The quantitative estimate of drug-likeness (QED) is 0.547. The van der Waals surface area contributed by atoms with E-state index < -0.39 is 0 Å². The molecule has 1 saturated heterocycles. The number of aromatic nitrogens is 4. The van der Waals surface area contributed by atoms with Gasteiger partial charge in [-0.3, -0.25) is 4.57 Å². The molecule has 3 aromatic rings. The molecule has 0 spiro atoms. The number of rotatable bonds is 7. The zero-order chi connectivity index (χ0) is 18.1. The van der Waals surface area contributed by atoms with Crippen molar-refractivity contribution >= 4 is 29.0 Å². The largest absolute Gasteiger partial charge is 0.341 e. The highest BCUT2D eigenvalue weighted by molar-refractivity contribution is 7.98. The SMILES string of the molecule is c1ccc(Cc2nc(CSc3nnc(N4CCCC4)n3C3CC3)cs2)cc1. The summed E-state index contributed by atoms with van der Waals surface area (Å²) in [5, 5.41) is 13.5. The number of nitrogens with zero attached hydrogens (tertiary/aromatic N) is 5. The second-order valence-corrected chi connectivity index (χ2v) is 9.15. The highest BCUT2D eigenvalue weighted by atomic mass is 32.2. The van der Waals surface area contributed by atoms with Crippen LogP contribution in [-0.2, 0) is 12.2 Å². The molecule has 0 atom stereocenters. The Balaban J connectivity index is 1.26. The van der Waals surface area contributed by atoms with Crippen LogP contribution < -0.4 is 4.90 Å². The maximum atomic E-state index is 4.82. The third-order valence-corrected chi connectivity index (χ3v) is 6.97. The average Bonchev–Trinajstić information content (AvgIpc) is 3.10. The number of thiazole rings is 1. The molecule has 1 aromatic carbocycles. The van der Waals surface area contributed by atoms with Crippen LogP contribution in [-0.4, -0.2) is 32.8 Å². The predicted octanol–water partition coefficient (Wildman–Crippen LogP) is 4.55. The Morgan fingerprint density at radius 3 is 2.67 bits per heavy atom. The molecular formula is C20H23N5S2. The second kappa shape index (κ2) is 7.64. The molecular weight excluding hydrogens is 374 g/mol. The third kappa shape index (κ3) is 3.89. The minimum Gasteiger partial charge on any atom is -0.341 e. The molecule has 1 aliphatic heterocycles. The van der Waals surface area contributed by atoms with Gasteiger partial charge >= 0.3 is 0 Å². The number of thioether (sulfide) groups is 1. The van der Waals surface area contributed by atoms with E-state index in [2.05, 4.69) is 55.4 Å². The van der Waals surface area contributed by atoms with Gasteiger partial charge in [0.2, 0.25) is 5.95 Å². The number of anilines is 1. The van der Waals surface area contributed by atoms with Gasteiger partial charge in [0.15, 0.2) is 5.16 Å². The van der Waals surface area contributed by atoms with Crippen molar-refractivity contribution in [2.75, 3.05) is 18.0 Å². The van der Waals surface area contributed by atoms with Crippen molar-refractivity contribution in [1.82, 2.24) is 19.7 Å². The summed E-state index contributed by atoms with van der Waals surface area (Å²) in [5.74, 6) is 1.94. The summed E-state index contributed by atoms with van der Waals surface area (Å²) in [6, 6.07) is 11.1. The van der Waals surface area contributed by atoms with E-state index in [1.54, 1.807) is 23.1 Å². The van der Waals surface area contributed by atoms with Crippen LogP contribution in [0.2, 0.25) is 0 Å². The van der Waals surface area contributed by atoms with Crippen molar-refractivity contribution in [2.24, 2.45) is 0 Å². The van der Waals surface area contributed by atoms with E-state index in [0.717, 1.165) is 42.1 Å². The fourth-order valence-corrected chi connectivity index (χ4v) is 5.38. The van der Waals surface area contributed by atoms with Crippen molar-refractivity contribution in [2.45, 2.75) is 49.1 Å². The molecule has 7 heteroatoms. The second-order valence-electron chi connectivity index (χ2n) is 7.26. The Kier molecular flexibility index (Phi) is 4.88. The lowest BCUT2D eigenvalue weighted by Crippen LogP contribution is -2.22. The van der Waals surface area contributed by atoms with E-state index in [0.29, 0.717) is 6.04 Å². The molecule has 1 saturated carbocycles. The van der Waals surface area contributed by atoms with E-state index in [4.69, 9.17) is 4.98 Å². The Morgan fingerprint density at radius 1 is 1.07 bits per heavy atom. The van der Waals surface area contributed by atoms with E-state index >= 15 is 0 Å². The van der Waals surface area contributed by atoms with Gasteiger partial charge in [0, 0.05) is 36.7 Å². The molecule has 2 aliphatic rings. The van der Waals surface area contributed by atoms with E-state index in [9.17, 15) is 0 Å². The molecule has 0 radical (unpaired) electrons. The molecule has 0 bridgehead atoms. The Hall–Kier alpha value is -1.86. The van der Waals surface area contributed by atoms with Gasteiger partial charge in [-0.1, -0.05) is 42.1 Å². The molecule has 2 fully saturated rings. The minimum atomic E-state index is 0.599. The summed E-state index contributed by atoms with van der Waals surface area (Å²) in [4.78, 5) is 7.22. The van der Waals surface area contributed by atoms with Gasteiger partial charge in [-0.05, 0) is 31.2 Å². The molecule has 140 valence electrons. The highest BCUT2D eigenvalue weighted by Gasteiger charge is 2.32. The normalized spacial score (nSPS) is 17.0. The van der Waals surface area contributed by atoms with Crippen molar-refractivity contribution in [1.29, 1.82) is 0 Å². The third-order valence-electron chi connectivity index (χ3n) is 5.09. The van der Waals surface area contributed by atoms with E-state index in [1.807, 2.05) is 0 Å². The van der Waals surface area contributed by atoms with E-state index in [1.165, 1.54) is 36.3 Å². The van der Waals surface area contributed by atoms with Crippen LogP contribution in [0.3, 0.4) is 0 Å². The Labute approximate surface area is 167 Å². The average molecular weight is 398 g/mol. The zero-order valence-electron chi connectivity index (χ0n) is 15.3. The fraction of sp³-hybridized carbons (Fsp3) is 0.450. The molecule has 1 aliphatic carbocycles. The van der Waals surface area contributed by atoms with Gasteiger partial charge in [0.1, 0.15) is 0 Å². The Bertz CT molecular complexity index is 894. The van der Waals surface area contributed by atoms with Crippen molar-refractivity contribution in [3.63, 3.8) is 0 Å². The lowest BCUT2D eigenvalue weighted by molar-refractivity contribution is 0.651. The van der Waals surface area contributed by atoms with Crippen LogP contribution >= 0.6 is 23.1 Å². The predicted molar refractivity (Wildman–Crippen MR) is 111 cm³/mol. The van der Waals surface area contributed by atoms with Gasteiger partial charge in [0.25, 0.3) is 0 Å². The summed E-state index contributed by atoms with van der Waals surface area (Å²) >= 11 is 3.53. The van der Waals surface area contributed by atoms with Crippen molar-refractivity contribution in [3.05, 3.63) is 52.0 Å². The van der Waals surface area contributed by atoms with Gasteiger partial charge in [-0.2, -0.15) is 0 Å². The number of hydrogen-bond acceptors (Lipinski definition) is 6. The smallest absolute Gasteiger partial charge is 0.228 e. The molecule has 0 unspecified atom stereocenters. The molecule has 27 heavy (non-hydrogen) atoms. The lowest BCUT2D eigenvalue weighted by Gasteiger charge is -2.17. The summed E-state index contributed by atoms with van der Waals surface area (Å²) in [6.45, 7) is 2.23. The summed E-state index contributed by atoms with van der Waals surface area (Å²) in [7, 11) is 0. The first-order chi connectivity index (χ1) is 13.4. The number of benzene rings is 1. The summed E-state index contributed by atoms with van der Waals surface area (Å²) in [5.41, 5.74) is 2.46. The van der Waals surface area contributed by atoms with Crippen LogP contribution in [0.5, 0.6) is 0 Å². The summed E-state index contributed by atoms with van der Waals surface area (Å²) < 4.78 is 2.38. The summed E-state index contributed by atoms with van der Waals surface area (Å²) in [6.07, 6.45) is 5.95. The van der Waals surface area contributed by atoms with Crippen LogP contribution in [0.1, 0.15) is 48.0 Å². The molecule has 3 heterocycles. The van der Waals surface area contributed by atoms with E-state index in [-0.39, 0.29) is 0 Å². The standard InChI is InChI=1S/C20H23N5S2/c1-2-6-15(7-3-1)12-18-21-16(13-26-18)14-27-20-23-22-19(24-10-4-5-11-24)25(20)17-8-9-17/h1-3,6-7,13,17H,4-5,8-12,14H2. The Morgan fingerprint density at radius 2 is 1.89 bits per heavy atom. The lowest BCUT2D eigenvalue weighted by atomic mass is 10.2. The molecule has 5 rings (SSSR count). The van der Waals surface area contributed by atoms with Crippen LogP contribution in [0.15, 0.2) is 40.9 Å². The topological polar surface area (TPSA) is 46.8 Å². The molecule has 0 amide bonds. The van der Waals surface area contributed by atoms with Crippen LogP contribution in [0.25, 0.3) is 0 Å². The first kappa shape index (κ1) is 17.3. The molecule has 5 nitrogen and oxygen atoms in total. The van der Waals surface area contributed by atoms with Gasteiger partial charge in [-0.15, -0.1) is 21.5 Å². The fourth-order valence-electron chi connectivity index (χ4n) is 3.56. The van der Waals surface area contributed by atoms with Gasteiger partial charge in [0.05, 0.1) is 10.7 Å². The van der Waals surface area contributed by atoms with Crippen LogP contribution in [0, 0.1) is 0 Å². The van der Waals surface area contributed by atoms with Crippen LogP contribution in [0.4, 0.5) is 5.95 Å².